The fourth-order valence-corrected chi connectivity index (χ4v) is 3.81. The second-order valence-electron chi connectivity index (χ2n) is 7.86. The van der Waals surface area contributed by atoms with Gasteiger partial charge in [0.1, 0.15) is 17.6 Å². The number of ether oxygens (including phenoxy) is 1. The number of benzene rings is 2. The van der Waals surface area contributed by atoms with E-state index in [9.17, 15) is 18.8 Å². The Labute approximate surface area is 186 Å². The molecule has 3 amide bonds. The molecule has 1 unspecified atom stereocenters. The summed E-state index contributed by atoms with van der Waals surface area (Å²) >= 11 is 0. The van der Waals surface area contributed by atoms with Crippen molar-refractivity contribution < 1.29 is 23.5 Å². The summed E-state index contributed by atoms with van der Waals surface area (Å²) in [6.07, 6.45) is 1.24. The highest BCUT2D eigenvalue weighted by Gasteiger charge is 2.28. The number of methoxy groups -OCH3 is 1. The number of piperidine rings is 1. The lowest BCUT2D eigenvalue weighted by atomic mass is 10.0. The Hall–Kier alpha value is -3.42. The molecular weight excluding hydrogens is 413 g/mol. The summed E-state index contributed by atoms with van der Waals surface area (Å²) in [7, 11) is 1.55. The molecule has 0 radical (unpaired) electrons. The van der Waals surface area contributed by atoms with Crippen LogP contribution in [0.3, 0.4) is 0 Å². The quantitative estimate of drug-likeness (QED) is 0.690. The first-order valence-electron chi connectivity index (χ1n) is 10.6. The highest BCUT2D eigenvalue weighted by molar-refractivity contribution is 5.94. The van der Waals surface area contributed by atoms with Crippen molar-refractivity contribution in [3.63, 3.8) is 0 Å². The molecule has 2 N–H and O–H groups in total. The fourth-order valence-electron chi connectivity index (χ4n) is 3.81. The van der Waals surface area contributed by atoms with Crippen molar-refractivity contribution >= 4 is 17.7 Å². The zero-order chi connectivity index (χ0) is 23.1. The summed E-state index contributed by atoms with van der Waals surface area (Å²) < 4.78 is 19.2. The summed E-state index contributed by atoms with van der Waals surface area (Å²) in [5.74, 6) is -0.595. The van der Waals surface area contributed by atoms with E-state index in [0.29, 0.717) is 42.8 Å². The topological polar surface area (TPSA) is 87.7 Å². The van der Waals surface area contributed by atoms with Crippen molar-refractivity contribution in [1.82, 2.24) is 15.5 Å². The van der Waals surface area contributed by atoms with E-state index in [1.165, 1.54) is 13.0 Å². The Balaban J connectivity index is 1.57. The average molecular weight is 442 g/mol. The van der Waals surface area contributed by atoms with Crippen molar-refractivity contribution in [1.29, 1.82) is 0 Å². The van der Waals surface area contributed by atoms with E-state index in [1.54, 1.807) is 54.5 Å². The first-order valence-corrected chi connectivity index (χ1v) is 10.6. The summed E-state index contributed by atoms with van der Waals surface area (Å²) in [6, 6.07) is 12.2. The minimum absolute atomic E-state index is 0.0608. The van der Waals surface area contributed by atoms with Crippen LogP contribution in [0, 0.1) is 5.82 Å². The molecule has 170 valence electrons. The Bertz CT molecular complexity index is 973. The Morgan fingerprint density at radius 2 is 1.84 bits per heavy atom. The van der Waals surface area contributed by atoms with E-state index in [2.05, 4.69) is 10.6 Å². The second kappa shape index (κ2) is 10.7. The van der Waals surface area contributed by atoms with Crippen molar-refractivity contribution in [3.8, 4) is 5.75 Å². The normalized spacial score (nSPS) is 15.0. The van der Waals surface area contributed by atoms with E-state index >= 15 is 0 Å². The molecule has 1 atom stereocenters. The zero-order valence-corrected chi connectivity index (χ0v) is 18.3. The zero-order valence-electron chi connectivity index (χ0n) is 18.3. The molecule has 0 aliphatic carbocycles. The van der Waals surface area contributed by atoms with Crippen molar-refractivity contribution in [3.05, 3.63) is 65.5 Å². The van der Waals surface area contributed by atoms with Gasteiger partial charge in [-0.05, 0) is 42.7 Å². The lowest BCUT2D eigenvalue weighted by Crippen LogP contribution is -2.53. The first kappa shape index (κ1) is 23.2. The number of halogens is 1. The molecule has 0 aromatic heterocycles. The van der Waals surface area contributed by atoms with Crippen LogP contribution >= 0.6 is 0 Å². The van der Waals surface area contributed by atoms with E-state index in [1.807, 2.05) is 0 Å². The molecule has 0 saturated carbocycles. The fraction of sp³-hybridized carbons (Fsp3) is 0.375. The molecule has 2 aromatic rings. The van der Waals surface area contributed by atoms with E-state index in [4.69, 9.17) is 4.74 Å². The third kappa shape index (κ3) is 6.06. The maximum Gasteiger partial charge on any atom is 0.253 e. The van der Waals surface area contributed by atoms with Gasteiger partial charge < -0.3 is 20.3 Å². The van der Waals surface area contributed by atoms with Gasteiger partial charge in [0, 0.05) is 38.0 Å². The third-order valence-corrected chi connectivity index (χ3v) is 5.52. The molecule has 32 heavy (non-hydrogen) atoms. The number of nitrogens with one attached hydrogen (secondary N) is 2. The number of carbonyl (C=O) groups excluding carboxylic acids is 3. The van der Waals surface area contributed by atoms with Crippen LogP contribution in [0.2, 0.25) is 0 Å². The molecule has 1 fully saturated rings. The maximum absolute atomic E-state index is 14.0. The molecule has 0 spiro atoms. The molecule has 7 nitrogen and oxygen atoms in total. The number of hydrogen-bond donors (Lipinski definition) is 2. The van der Waals surface area contributed by atoms with Crippen LogP contribution in [0.15, 0.2) is 48.5 Å². The standard InChI is InChI=1S/C24H28FN3O4/c1-16(29)26-22(15-17-6-3-4-9-21(17)25)23(30)27-19-10-12-28(13-11-19)24(31)18-7-5-8-20(14-18)32-2/h3-9,14,19,22H,10-13,15H2,1-2H3,(H,26,29)(H,27,30). The molecule has 3 rings (SSSR count). The number of amides is 3. The van der Waals surface area contributed by atoms with Crippen LogP contribution in [0.4, 0.5) is 4.39 Å². The van der Waals surface area contributed by atoms with Gasteiger partial charge in [-0.25, -0.2) is 4.39 Å². The largest absolute Gasteiger partial charge is 0.497 e. The van der Waals surface area contributed by atoms with E-state index in [0.717, 1.165) is 0 Å². The lowest BCUT2D eigenvalue weighted by molar-refractivity contribution is -0.128. The summed E-state index contributed by atoms with van der Waals surface area (Å²) in [4.78, 5) is 38.9. The SMILES string of the molecule is COc1cccc(C(=O)N2CCC(NC(=O)C(Cc3ccccc3F)NC(C)=O)CC2)c1. The number of hydrogen-bond acceptors (Lipinski definition) is 4. The molecule has 8 heteroatoms. The van der Waals surface area contributed by atoms with Gasteiger partial charge in [-0.15, -0.1) is 0 Å². The smallest absolute Gasteiger partial charge is 0.253 e. The number of rotatable bonds is 7. The van der Waals surface area contributed by atoms with Gasteiger partial charge in [0.05, 0.1) is 7.11 Å². The van der Waals surface area contributed by atoms with Crippen LogP contribution in [-0.4, -0.2) is 54.9 Å². The summed E-state index contributed by atoms with van der Waals surface area (Å²) in [6.45, 7) is 2.32. The predicted molar refractivity (Wildman–Crippen MR) is 118 cm³/mol. The minimum Gasteiger partial charge on any atom is -0.497 e. The number of nitrogens with zero attached hydrogens (tertiary/aromatic N) is 1. The highest BCUT2D eigenvalue weighted by atomic mass is 19.1. The van der Waals surface area contributed by atoms with Gasteiger partial charge in [0.15, 0.2) is 0 Å². The van der Waals surface area contributed by atoms with E-state index in [-0.39, 0.29) is 30.2 Å². The van der Waals surface area contributed by atoms with Crippen LogP contribution in [0.5, 0.6) is 5.75 Å². The van der Waals surface area contributed by atoms with Gasteiger partial charge in [0.25, 0.3) is 5.91 Å². The lowest BCUT2D eigenvalue weighted by Gasteiger charge is -2.33. The molecule has 1 aliphatic rings. The molecule has 1 saturated heterocycles. The van der Waals surface area contributed by atoms with E-state index < -0.39 is 11.9 Å². The molecular formula is C24H28FN3O4. The number of carbonyl (C=O) groups is 3. The van der Waals surface area contributed by atoms with Gasteiger partial charge in [-0.2, -0.15) is 0 Å². The second-order valence-corrected chi connectivity index (χ2v) is 7.86. The molecule has 2 aromatic carbocycles. The Morgan fingerprint density at radius 1 is 1.12 bits per heavy atom. The monoisotopic (exact) mass is 441 g/mol. The predicted octanol–water partition coefficient (Wildman–Crippen LogP) is 2.30. The minimum atomic E-state index is -0.874. The first-order chi connectivity index (χ1) is 15.4. The van der Waals surface area contributed by atoms with Gasteiger partial charge in [0.2, 0.25) is 11.8 Å². The number of likely N-dealkylation sites (tertiary alicyclic amines) is 1. The summed E-state index contributed by atoms with van der Waals surface area (Å²) in [5.41, 5.74) is 0.919. The Morgan fingerprint density at radius 3 is 2.50 bits per heavy atom. The van der Waals surface area contributed by atoms with Crippen molar-refractivity contribution in [2.45, 2.75) is 38.3 Å². The molecule has 1 heterocycles. The van der Waals surface area contributed by atoms with Crippen molar-refractivity contribution in [2.75, 3.05) is 20.2 Å². The maximum atomic E-state index is 14.0. The van der Waals surface area contributed by atoms with Crippen LogP contribution < -0.4 is 15.4 Å². The average Bonchev–Trinajstić information content (AvgIpc) is 2.79. The van der Waals surface area contributed by atoms with Crippen LogP contribution in [0.1, 0.15) is 35.7 Å². The van der Waals surface area contributed by atoms with Gasteiger partial charge >= 0.3 is 0 Å². The van der Waals surface area contributed by atoms with Crippen LogP contribution in [0.25, 0.3) is 0 Å². The molecule has 0 bridgehead atoms. The van der Waals surface area contributed by atoms with Gasteiger partial charge in [-0.3, -0.25) is 14.4 Å². The van der Waals surface area contributed by atoms with Crippen LogP contribution in [-0.2, 0) is 16.0 Å². The third-order valence-electron chi connectivity index (χ3n) is 5.52. The highest BCUT2D eigenvalue weighted by Crippen LogP contribution is 2.18. The van der Waals surface area contributed by atoms with Gasteiger partial charge in [-0.1, -0.05) is 24.3 Å². The van der Waals surface area contributed by atoms with Crippen molar-refractivity contribution in [2.24, 2.45) is 0 Å². The Kier molecular flexibility index (Phi) is 7.81. The summed E-state index contributed by atoms with van der Waals surface area (Å²) in [5, 5.41) is 5.56. The molecule has 1 aliphatic heterocycles.